The Kier molecular flexibility index (Phi) is 3.79. The Morgan fingerprint density at radius 1 is 1.53 bits per heavy atom. The van der Waals surface area contributed by atoms with Gasteiger partial charge in [-0.05, 0) is 18.6 Å². The molecule has 0 saturated heterocycles. The molecule has 2 N–H and O–H groups in total. The predicted molar refractivity (Wildman–Crippen MR) is 59.1 cm³/mol. The summed E-state index contributed by atoms with van der Waals surface area (Å²) in [6.07, 6.45) is 0.795. The maximum absolute atomic E-state index is 11.6. The van der Waals surface area contributed by atoms with Crippen molar-refractivity contribution < 1.29 is 9.13 Å². The van der Waals surface area contributed by atoms with Gasteiger partial charge in [0, 0.05) is 16.7 Å². The minimum absolute atomic E-state index is 0.0574. The zero-order valence-corrected chi connectivity index (χ0v) is 9.12. The van der Waals surface area contributed by atoms with Crippen LogP contribution >= 0.6 is 0 Å². The molecule has 1 aromatic carbocycles. The summed E-state index contributed by atoms with van der Waals surface area (Å²) >= 11 is 0. The number of nitrogens with two attached hydrogens (primary N) is 1. The van der Waals surface area contributed by atoms with Crippen LogP contribution in [0.25, 0.3) is 0 Å². The first-order chi connectivity index (χ1) is 7.06. The van der Waals surface area contributed by atoms with E-state index in [1.807, 2.05) is 6.92 Å². The lowest BCUT2D eigenvalue weighted by Crippen LogP contribution is -2.00. The van der Waals surface area contributed by atoms with Gasteiger partial charge in [-0.3, -0.25) is 14.3 Å². The Balaban J connectivity index is 3.01. The zero-order valence-electron chi connectivity index (χ0n) is 8.30. The molecule has 1 unspecified atom stereocenters. The van der Waals surface area contributed by atoms with E-state index in [4.69, 9.17) is 5.73 Å². The lowest BCUT2D eigenvalue weighted by molar-refractivity contribution is -0.383. The zero-order chi connectivity index (χ0) is 11.4. The van der Waals surface area contributed by atoms with Crippen molar-refractivity contribution in [2.75, 3.05) is 11.5 Å². The molecule has 0 aromatic heterocycles. The van der Waals surface area contributed by atoms with Gasteiger partial charge in [-0.1, -0.05) is 6.92 Å². The number of nitro benzene ring substituents is 1. The van der Waals surface area contributed by atoms with Crippen LogP contribution in [0, 0.1) is 10.1 Å². The summed E-state index contributed by atoms with van der Waals surface area (Å²) in [5, 5.41) is 10.5. The third kappa shape index (κ3) is 2.76. The molecule has 82 valence electrons. The highest BCUT2D eigenvalue weighted by Gasteiger charge is 2.13. The summed E-state index contributed by atoms with van der Waals surface area (Å²) in [6.45, 7) is 1.92. The molecular weight excluding hydrogens is 216 g/mol. The smallest absolute Gasteiger partial charge is 0.292 e. The molecule has 0 fully saturated rings. The summed E-state index contributed by atoms with van der Waals surface area (Å²) in [5.41, 5.74) is 5.39. The largest absolute Gasteiger partial charge is 0.393 e. The molecule has 0 radical (unpaired) electrons. The number of nitro groups is 1. The fourth-order valence-electron chi connectivity index (χ4n) is 1.14. The molecule has 0 aliphatic rings. The second kappa shape index (κ2) is 4.88. The van der Waals surface area contributed by atoms with Gasteiger partial charge in [0.25, 0.3) is 5.69 Å². The van der Waals surface area contributed by atoms with Crippen LogP contribution in [0.15, 0.2) is 23.1 Å². The molecule has 0 bridgehead atoms. The number of nitrogens with zero attached hydrogens (tertiary/aromatic N) is 1. The molecule has 1 aromatic rings. The maximum Gasteiger partial charge on any atom is 0.292 e. The number of nitrogen functional groups attached to an aromatic ring is 1. The number of hydrogen-bond donors (Lipinski definition) is 1. The van der Waals surface area contributed by atoms with Crippen molar-refractivity contribution >= 4 is 22.2 Å². The quantitative estimate of drug-likeness (QED) is 0.482. The van der Waals surface area contributed by atoms with Crippen molar-refractivity contribution in [3.8, 4) is 0 Å². The van der Waals surface area contributed by atoms with Gasteiger partial charge < -0.3 is 5.73 Å². The van der Waals surface area contributed by atoms with E-state index < -0.39 is 15.7 Å². The van der Waals surface area contributed by atoms with Gasteiger partial charge in [0.1, 0.15) is 5.69 Å². The summed E-state index contributed by atoms with van der Waals surface area (Å²) in [4.78, 5) is 10.5. The summed E-state index contributed by atoms with van der Waals surface area (Å²) < 4.78 is 11.6. The van der Waals surface area contributed by atoms with Crippen LogP contribution < -0.4 is 5.73 Å². The first-order valence-corrected chi connectivity index (χ1v) is 5.80. The van der Waals surface area contributed by atoms with Crippen molar-refractivity contribution in [3.05, 3.63) is 28.3 Å². The van der Waals surface area contributed by atoms with Gasteiger partial charge in [0.05, 0.1) is 15.7 Å². The van der Waals surface area contributed by atoms with E-state index in [-0.39, 0.29) is 11.4 Å². The molecule has 0 amide bonds. The Morgan fingerprint density at radius 2 is 2.20 bits per heavy atom. The van der Waals surface area contributed by atoms with Gasteiger partial charge in [-0.25, -0.2) is 0 Å². The summed E-state index contributed by atoms with van der Waals surface area (Å²) in [5.74, 6) is 0.539. The topological polar surface area (TPSA) is 86.2 Å². The molecule has 15 heavy (non-hydrogen) atoms. The first-order valence-electron chi connectivity index (χ1n) is 4.48. The molecule has 0 spiro atoms. The fourth-order valence-corrected chi connectivity index (χ4v) is 2.23. The highest BCUT2D eigenvalue weighted by molar-refractivity contribution is 7.85. The van der Waals surface area contributed by atoms with Crippen molar-refractivity contribution in [3.63, 3.8) is 0 Å². The third-order valence-corrected chi connectivity index (χ3v) is 3.41. The summed E-state index contributed by atoms with van der Waals surface area (Å²) in [7, 11) is -1.12. The first kappa shape index (κ1) is 11.6. The van der Waals surface area contributed by atoms with E-state index >= 15 is 0 Å². The molecule has 0 heterocycles. The van der Waals surface area contributed by atoms with Crippen molar-refractivity contribution in [1.29, 1.82) is 0 Å². The van der Waals surface area contributed by atoms with E-state index in [1.165, 1.54) is 18.2 Å². The summed E-state index contributed by atoms with van der Waals surface area (Å²) in [6, 6.07) is 4.18. The van der Waals surface area contributed by atoms with Crippen LogP contribution in [0.4, 0.5) is 11.4 Å². The molecule has 1 rings (SSSR count). The van der Waals surface area contributed by atoms with E-state index in [9.17, 15) is 14.3 Å². The molecule has 0 saturated carbocycles. The Hall–Kier alpha value is -1.43. The van der Waals surface area contributed by atoms with Crippen LogP contribution in [0.3, 0.4) is 0 Å². The Labute approximate surface area is 89.9 Å². The lowest BCUT2D eigenvalue weighted by atomic mass is 10.3. The molecular formula is C9H12N2O3S. The highest BCUT2D eigenvalue weighted by Crippen LogP contribution is 2.23. The minimum atomic E-state index is -1.12. The normalized spacial score (nSPS) is 12.3. The predicted octanol–water partition coefficient (Wildman–Crippen LogP) is 1.69. The monoisotopic (exact) mass is 228 g/mol. The average molecular weight is 228 g/mol. The van der Waals surface area contributed by atoms with Crippen LogP contribution in [0.2, 0.25) is 0 Å². The maximum atomic E-state index is 11.6. The standard InChI is InChI=1S/C9H12N2O3S/c1-2-5-15(14)7-3-4-9(11(12)13)8(10)6-7/h3-4,6H,2,5,10H2,1H3. The number of anilines is 1. The Bertz CT molecular complexity index is 406. The van der Waals surface area contributed by atoms with E-state index in [0.717, 1.165) is 6.42 Å². The molecule has 6 heteroatoms. The number of hydrogen-bond acceptors (Lipinski definition) is 4. The van der Waals surface area contributed by atoms with E-state index in [1.54, 1.807) is 0 Å². The fraction of sp³-hybridized carbons (Fsp3) is 0.333. The van der Waals surface area contributed by atoms with Crippen LogP contribution in [0.1, 0.15) is 13.3 Å². The highest BCUT2D eigenvalue weighted by atomic mass is 32.2. The van der Waals surface area contributed by atoms with Crippen molar-refractivity contribution in [1.82, 2.24) is 0 Å². The van der Waals surface area contributed by atoms with Gasteiger partial charge in [0.2, 0.25) is 0 Å². The SMILES string of the molecule is CCCS(=O)c1ccc([N+](=O)[O-])c(N)c1. The third-order valence-electron chi connectivity index (χ3n) is 1.85. The van der Waals surface area contributed by atoms with Crippen LogP contribution in [-0.2, 0) is 10.8 Å². The Morgan fingerprint density at radius 3 is 2.67 bits per heavy atom. The lowest BCUT2D eigenvalue weighted by Gasteiger charge is -2.02. The van der Waals surface area contributed by atoms with Crippen molar-refractivity contribution in [2.45, 2.75) is 18.2 Å². The molecule has 5 nitrogen and oxygen atoms in total. The van der Waals surface area contributed by atoms with Crippen LogP contribution in [-0.4, -0.2) is 14.9 Å². The van der Waals surface area contributed by atoms with Crippen molar-refractivity contribution in [2.24, 2.45) is 0 Å². The van der Waals surface area contributed by atoms with E-state index in [0.29, 0.717) is 10.6 Å². The van der Waals surface area contributed by atoms with Gasteiger partial charge >= 0.3 is 0 Å². The molecule has 1 atom stereocenters. The molecule has 0 aliphatic carbocycles. The van der Waals surface area contributed by atoms with Gasteiger partial charge in [0.15, 0.2) is 0 Å². The average Bonchev–Trinajstić information content (AvgIpc) is 2.17. The minimum Gasteiger partial charge on any atom is -0.393 e. The number of benzene rings is 1. The second-order valence-electron chi connectivity index (χ2n) is 3.03. The van der Waals surface area contributed by atoms with Crippen LogP contribution in [0.5, 0.6) is 0 Å². The molecule has 0 aliphatic heterocycles. The van der Waals surface area contributed by atoms with Gasteiger partial charge in [-0.15, -0.1) is 0 Å². The second-order valence-corrected chi connectivity index (χ2v) is 4.60. The van der Waals surface area contributed by atoms with Gasteiger partial charge in [-0.2, -0.15) is 0 Å². The number of rotatable bonds is 4. The van der Waals surface area contributed by atoms with E-state index in [2.05, 4.69) is 0 Å².